The van der Waals surface area contributed by atoms with Gasteiger partial charge in [-0.15, -0.1) is 0 Å². The summed E-state index contributed by atoms with van der Waals surface area (Å²) in [4.78, 5) is 0.498. The molecule has 1 heteroatoms. The Bertz CT molecular complexity index is 496. The summed E-state index contributed by atoms with van der Waals surface area (Å²) in [6, 6.07) is 0. The third-order valence-corrected chi connectivity index (χ3v) is 7.12. The van der Waals surface area contributed by atoms with Crippen molar-refractivity contribution in [3.05, 3.63) is 33.4 Å². The number of rotatable bonds is 2. The summed E-state index contributed by atoms with van der Waals surface area (Å²) in [5.74, 6) is 0.751. The third-order valence-electron chi connectivity index (χ3n) is 6.03. The SMILES string of the molecule is Cc1c(C)c(C)c(C(Br)C2CCCC2(C)C)c(C)c1C. The maximum atomic E-state index is 4.08. The molecule has 112 valence electrons. The number of benzene rings is 1. The van der Waals surface area contributed by atoms with Crippen LogP contribution in [-0.2, 0) is 0 Å². The second-order valence-electron chi connectivity index (χ2n) is 7.43. The third kappa shape index (κ3) is 2.47. The van der Waals surface area contributed by atoms with Gasteiger partial charge in [0.2, 0.25) is 0 Å². The van der Waals surface area contributed by atoms with Crippen molar-refractivity contribution in [1.82, 2.24) is 0 Å². The molecule has 1 saturated carbocycles. The molecule has 0 bridgehead atoms. The summed E-state index contributed by atoms with van der Waals surface area (Å²) in [6.07, 6.45) is 4.09. The van der Waals surface area contributed by atoms with Gasteiger partial charge in [0.05, 0.1) is 0 Å². The molecule has 0 amide bonds. The molecule has 1 fully saturated rings. The van der Waals surface area contributed by atoms with Gasteiger partial charge >= 0.3 is 0 Å². The minimum absolute atomic E-state index is 0.458. The van der Waals surface area contributed by atoms with Gasteiger partial charge in [-0.25, -0.2) is 0 Å². The van der Waals surface area contributed by atoms with E-state index >= 15 is 0 Å². The van der Waals surface area contributed by atoms with E-state index in [0.29, 0.717) is 10.2 Å². The highest BCUT2D eigenvalue weighted by Gasteiger charge is 2.40. The molecular formula is C19H29Br. The number of alkyl halides is 1. The maximum absolute atomic E-state index is 4.08. The zero-order valence-electron chi connectivity index (χ0n) is 14.2. The molecule has 1 aliphatic carbocycles. The fourth-order valence-electron chi connectivity index (χ4n) is 4.04. The van der Waals surface area contributed by atoms with E-state index < -0.39 is 0 Å². The van der Waals surface area contributed by atoms with Gasteiger partial charge in [0, 0.05) is 4.83 Å². The first kappa shape index (κ1) is 16.1. The van der Waals surface area contributed by atoms with Crippen LogP contribution >= 0.6 is 15.9 Å². The Kier molecular flexibility index (Phi) is 4.40. The molecule has 2 rings (SSSR count). The zero-order chi connectivity index (χ0) is 15.2. The average Bonchev–Trinajstić information content (AvgIpc) is 2.73. The minimum atomic E-state index is 0.458. The summed E-state index contributed by atoms with van der Waals surface area (Å²) in [5, 5.41) is 0. The maximum Gasteiger partial charge on any atom is 0.0434 e. The molecule has 1 aromatic carbocycles. The lowest BCUT2D eigenvalue weighted by Crippen LogP contribution is -2.23. The number of hydrogen-bond acceptors (Lipinski definition) is 0. The molecule has 0 radical (unpaired) electrons. The Morgan fingerprint density at radius 2 is 1.35 bits per heavy atom. The van der Waals surface area contributed by atoms with Crippen LogP contribution < -0.4 is 0 Å². The van der Waals surface area contributed by atoms with E-state index in [4.69, 9.17) is 0 Å². The summed E-state index contributed by atoms with van der Waals surface area (Å²) < 4.78 is 0. The van der Waals surface area contributed by atoms with Crippen LogP contribution in [0, 0.1) is 46.0 Å². The van der Waals surface area contributed by atoms with Crippen molar-refractivity contribution >= 4 is 15.9 Å². The van der Waals surface area contributed by atoms with E-state index in [1.807, 2.05) is 0 Å². The summed E-state index contributed by atoms with van der Waals surface area (Å²) in [5.41, 5.74) is 9.43. The van der Waals surface area contributed by atoms with E-state index in [0.717, 1.165) is 5.92 Å². The van der Waals surface area contributed by atoms with Crippen LogP contribution in [0.4, 0.5) is 0 Å². The van der Waals surface area contributed by atoms with Crippen LogP contribution in [0.5, 0.6) is 0 Å². The first-order valence-corrected chi connectivity index (χ1v) is 8.81. The number of halogens is 1. The topological polar surface area (TPSA) is 0 Å². The van der Waals surface area contributed by atoms with Gasteiger partial charge < -0.3 is 0 Å². The summed E-state index contributed by atoms with van der Waals surface area (Å²) in [6.45, 7) is 16.3. The highest BCUT2D eigenvalue weighted by atomic mass is 79.9. The lowest BCUT2D eigenvalue weighted by atomic mass is 9.76. The molecule has 2 unspecified atom stereocenters. The van der Waals surface area contributed by atoms with Crippen molar-refractivity contribution in [1.29, 1.82) is 0 Å². The summed E-state index contributed by atoms with van der Waals surface area (Å²) >= 11 is 4.08. The van der Waals surface area contributed by atoms with E-state index in [9.17, 15) is 0 Å². The number of hydrogen-bond donors (Lipinski definition) is 0. The quantitative estimate of drug-likeness (QED) is 0.541. The molecule has 1 aromatic rings. The first-order valence-electron chi connectivity index (χ1n) is 7.89. The molecular weight excluding hydrogens is 308 g/mol. The predicted octanol–water partition coefficient (Wildman–Crippen LogP) is 6.49. The molecule has 1 aliphatic rings. The molecule has 20 heavy (non-hydrogen) atoms. The molecule has 0 N–H and O–H groups in total. The fourth-order valence-corrected chi connectivity index (χ4v) is 5.71. The molecule has 0 saturated heterocycles. The van der Waals surface area contributed by atoms with Crippen LogP contribution in [0.1, 0.15) is 71.3 Å². The van der Waals surface area contributed by atoms with Gasteiger partial charge in [0.15, 0.2) is 0 Å². The van der Waals surface area contributed by atoms with E-state index in [1.165, 1.54) is 47.1 Å². The van der Waals surface area contributed by atoms with Crippen LogP contribution in [0.3, 0.4) is 0 Å². The lowest BCUT2D eigenvalue weighted by Gasteiger charge is -2.34. The highest BCUT2D eigenvalue weighted by Crippen LogP contribution is 2.53. The van der Waals surface area contributed by atoms with E-state index in [-0.39, 0.29) is 0 Å². The smallest absolute Gasteiger partial charge is 0.0434 e. The van der Waals surface area contributed by atoms with Gasteiger partial charge in [-0.3, -0.25) is 0 Å². The lowest BCUT2D eigenvalue weighted by molar-refractivity contribution is 0.256. The monoisotopic (exact) mass is 336 g/mol. The van der Waals surface area contributed by atoms with E-state index in [2.05, 4.69) is 64.4 Å². The van der Waals surface area contributed by atoms with E-state index in [1.54, 1.807) is 5.56 Å². The van der Waals surface area contributed by atoms with Crippen molar-refractivity contribution in [2.24, 2.45) is 11.3 Å². The Balaban J connectivity index is 2.53. The Hall–Kier alpha value is -0.300. The Morgan fingerprint density at radius 1 is 0.900 bits per heavy atom. The Morgan fingerprint density at radius 3 is 1.75 bits per heavy atom. The minimum Gasteiger partial charge on any atom is -0.0835 e. The fraction of sp³-hybridized carbons (Fsp3) is 0.684. The first-order chi connectivity index (χ1) is 9.18. The standard InChI is InChI=1S/C19H29Br/c1-11-12(2)14(4)17(15(5)13(11)3)18(20)16-9-8-10-19(16,6)7/h16,18H,8-10H2,1-7H3. The van der Waals surface area contributed by atoms with Gasteiger partial charge in [0.25, 0.3) is 0 Å². The molecule has 0 nitrogen and oxygen atoms in total. The van der Waals surface area contributed by atoms with Crippen molar-refractivity contribution < 1.29 is 0 Å². The molecule has 0 aromatic heterocycles. The second kappa shape index (κ2) is 5.48. The van der Waals surface area contributed by atoms with Crippen molar-refractivity contribution in [3.63, 3.8) is 0 Å². The molecule has 2 atom stereocenters. The average molecular weight is 337 g/mol. The largest absolute Gasteiger partial charge is 0.0835 e. The highest BCUT2D eigenvalue weighted by molar-refractivity contribution is 9.09. The molecule has 0 aliphatic heterocycles. The van der Waals surface area contributed by atoms with Crippen LogP contribution in [0.25, 0.3) is 0 Å². The zero-order valence-corrected chi connectivity index (χ0v) is 15.7. The Labute approximate surface area is 133 Å². The van der Waals surface area contributed by atoms with Gasteiger partial charge in [-0.1, -0.05) is 36.2 Å². The normalized spacial score (nSPS) is 23.1. The summed E-state index contributed by atoms with van der Waals surface area (Å²) in [7, 11) is 0. The molecule has 0 spiro atoms. The van der Waals surface area contributed by atoms with Gasteiger partial charge in [-0.2, -0.15) is 0 Å². The van der Waals surface area contributed by atoms with Crippen molar-refractivity contribution in [2.45, 2.75) is 72.6 Å². The second-order valence-corrected chi connectivity index (χ2v) is 8.41. The van der Waals surface area contributed by atoms with Crippen LogP contribution in [-0.4, -0.2) is 0 Å². The van der Waals surface area contributed by atoms with Gasteiger partial charge in [-0.05, 0) is 92.2 Å². The predicted molar refractivity (Wildman–Crippen MR) is 92.9 cm³/mol. The van der Waals surface area contributed by atoms with Crippen LogP contribution in [0.15, 0.2) is 0 Å². The van der Waals surface area contributed by atoms with Crippen LogP contribution in [0.2, 0.25) is 0 Å². The van der Waals surface area contributed by atoms with Gasteiger partial charge in [0.1, 0.15) is 0 Å². The van der Waals surface area contributed by atoms with Crippen molar-refractivity contribution in [2.75, 3.05) is 0 Å². The van der Waals surface area contributed by atoms with Crippen molar-refractivity contribution in [3.8, 4) is 0 Å². The molecule has 0 heterocycles.